The molecule has 3 atom stereocenters. The van der Waals surface area contributed by atoms with Crippen molar-refractivity contribution in [3.8, 4) is 17.3 Å². The zero-order valence-corrected chi connectivity index (χ0v) is 21.4. The van der Waals surface area contributed by atoms with Gasteiger partial charge in [0.05, 0.1) is 18.2 Å². The lowest BCUT2D eigenvalue weighted by Crippen LogP contribution is -2.47. The summed E-state index contributed by atoms with van der Waals surface area (Å²) in [6, 6.07) is 12.3. The molecule has 0 bridgehead atoms. The summed E-state index contributed by atoms with van der Waals surface area (Å²) in [5, 5.41) is 21.2. The molecule has 2 aliphatic carbocycles. The van der Waals surface area contributed by atoms with E-state index in [0.29, 0.717) is 12.8 Å². The SMILES string of the molecule is CCn1ccc(-c2ccc(CC3CCC(CC#N)(n4cc(C(N)=O)c(NC(=O)C5CC5)n4)C(F)C3)cc2)n1. The standard InChI is InChI=1S/C28H32FN7O2/c1-2-35-14-10-23(33-35)20-5-3-18(4-6-20)15-19-9-11-28(12-13-30,24(29)16-19)36-17-22(25(31)37)26(34-36)32-27(38)21-7-8-21/h3-6,10,14,17,19,21,24H,2,7-9,11-12,15-16H2,1H3,(H2,31,37)(H,32,34,38). The molecule has 3 unspecified atom stereocenters. The maximum atomic E-state index is 16.0. The second kappa shape index (κ2) is 10.4. The van der Waals surface area contributed by atoms with Crippen molar-refractivity contribution >= 4 is 17.6 Å². The molecule has 9 nitrogen and oxygen atoms in total. The fourth-order valence-corrected chi connectivity index (χ4v) is 5.38. The molecule has 5 rings (SSSR count). The quantitative estimate of drug-likeness (QED) is 0.439. The van der Waals surface area contributed by atoms with E-state index in [4.69, 9.17) is 5.73 Å². The smallest absolute Gasteiger partial charge is 0.254 e. The normalized spacial score (nSPS) is 23.1. The largest absolute Gasteiger partial charge is 0.365 e. The molecule has 0 radical (unpaired) electrons. The van der Waals surface area contributed by atoms with Gasteiger partial charge in [0.15, 0.2) is 5.82 Å². The van der Waals surface area contributed by atoms with Crippen molar-refractivity contribution in [3.63, 3.8) is 0 Å². The van der Waals surface area contributed by atoms with Gasteiger partial charge in [-0.3, -0.25) is 19.0 Å². The summed E-state index contributed by atoms with van der Waals surface area (Å²) in [7, 11) is 0. The minimum atomic E-state index is -1.36. The first-order valence-electron chi connectivity index (χ1n) is 13.2. The molecule has 2 fully saturated rings. The number of carbonyl (C=O) groups is 2. The number of primary amides is 1. The Morgan fingerprint density at radius 2 is 1.97 bits per heavy atom. The van der Waals surface area contributed by atoms with Gasteiger partial charge in [0.2, 0.25) is 5.91 Å². The number of aryl methyl sites for hydroxylation is 1. The highest BCUT2D eigenvalue weighted by atomic mass is 19.1. The zero-order valence-electron chi connectivity index (χ0n) is 21.4. The summed E-state index contributed by atoms with van der Waals surface area (Å²) in [6.07, 6.45) is 5.52. The number of hydrogen-bond donors (Lipinski definition) is 2. The van der Waals surface area contributed by atoms with Crippen LogP contribution in [-0.4, -0.2) is 37.5 Å². The predicted molar refractivity (Wildman–Crippen MR) is 140 cm³/mol. The highest BCUT2D eigenvalue weighted by molar-refractivity contribution is 6.02. The summed E-state index contributed by atoms with van der Waals surface area (Å²) < 4.78 is 19.2. The van der Waals surface area contributed by atoms with Gasteiger partial charge in [0.1, 0.15) is 17.3 Å². The molecule has 3 aromatic rings. The molecule has 198 valence electrons. The first-order chi connectivity index (χ1) is 18.3. The third kappa shape index (κ3) is 5.05. The van der Waals surface area contributed by atoms with Crippen LogP contribution in [0.1, 0.15) is 61.4 Å². The molecule has 2 aliphatic rings. The number of nitriles is 1. The molecule has 2 saturated carbocycles. The maximum absolute atomic E-state index is 16.0. The van der Waals surface area contributed by atoms with Gasteiger partial charge in [0, 0.05) is 30.4 Å². The molecular formula is C28H32FN7O2. The van der Waals surface area contributed by atoms with E-state index < -0.39 is 17.6 Å². The second-order valence-electron chi connectivity index (χ2n) is 10.5. The van der Waals surface area contributed by atoms with Crippen LogP contribution in [-0.2, 0) is 23.3 Å². The first-order valence-corrected chi connectivity index (χ1v) is 13.2. The van der Waals surface area contributed by atoms with Crippen molar-refractivity contribution in [3.05, 3.63) is 53.9 Å². The average molecular weight is 518 g/mol. The van der Waals surface area contributed by atoms with Crippen LogP contribution in [0.25, 0.3) is 11.3 Å². The fraction of sp³-hybridized carbons (Fsp3) is 0.464. The van der Waals surface area contributed by atoms with Crippen LogP contribution in [0.2, 0.25) is 0 Å². The van der Waals surface area contributed by atoms with E-state index in [9.17, 15) is 14.9 Å². The topological polar surface area (TPSA) is 132 Å². The Balaban J connectivity index is 1.31. The van der Waals surface area contributed by atoms with Crippen molar-refractivity contribution in [1.82, 2.24) is 19.6 Å². The summed E-state index contributed by atoms with van der Waals surface area (Å²) >= 11 is 0. The molecule has 1 aromatic carbocycles. The van der Waals surface area contributed by atoms with Crippen LogP contribution in [0.3, 0.4) is 0 Å². The van der Waals surface area contributed by atoms with Gasteiger partial charge in [-0.15, -0.1) is 0 Å². The van der Waals surface area contributed by atoms with Gasteiger partial charge in [-0.2, -0.15) is 15.5 Å². The minimum Gasteiger partial charge on any atom is -0.365 e. The number of amides is 2. The van der Waals surface area contributed by atoms with Crippen LogP contribution in [0.4, 0.5) is 10.2 Å². The zero-order chi connectivity index (χ0) is 26.9. The van der Waals surface area contributed by atoms with Crippen molar-refractivity contribution in [2.45, 2.75) is 70.1 Å². The molecule has 38 heavy (non-hydrogen) atoms. The molecular weight excluding hydrogens is 485 g/mol. The van der Waals surface area contributed by atoms with Crippen molar-refractivity contribution in [1.29, 1.82) is 5.26 Å². The molecule has 3 N–H and O–H groups in total. The molecule has 2 heterocycles. The Morgan fingerprint density at radius 3 is 2.58 bits per heavy atom. The monoisotopic (exact) mass is 517 g/mol. The lowest BCUT2D eigenvalue weighted by atomic mass is 9.72. The van der Waals surface area contributed by atoms with E-state index >= 15 is 4.39 Å². The molecule has 10 heteroatoms. The number of rotatable bonds is 9. The summed E-state index contributed by atoms with van der Waals surface area (Å²) in [4.78, 5) is 24.4. The van der Waals surface area contributed by atoms with E-state index in [2.05, 4.69) is 33.7 Å². The average Bonchev–Trinajstić information content (AvgIpc) is 3.50. The van der Waals surface area contributed by atoms with E-state index in [1.165, 1.54) is 10.9 Å². The van der Waals surface area contributed by atoms with Crippen molar-refractivity contribution < 1.29 is 14.0 Å². The van der Waals surface area contributed by atoms with Gasteiger partial charge in [-0.05, 0) is 63.0 Å². The Morgan fingerprint density at radius 1 is 1.21 bits per heavy atom. The molecule has 0 saturated heterocycles. The number of alkyl halides is 1. The van der Waals surface area contributed by atoms with Crippen LogP contribution >= 0.6 is 0 Å². The highest BCUT2D eigenvalue weighted by Gasteiger charge is 2.47. The number of benzene rings is 1. The lowest BCUT2D eigenvalue weighted by Gasteiger charge is -2.41. The Kier molecular flexibility index (Phi) is 7.02. The van der Waals surface area contributed by atoms with E-state index in [0.717, 1.165) is 42.6 Å². The number of carbonyl (C=O) groups excluding carboxylic acids is 2. The molecule has 2 aromatic heterocycles. The van der Waals surface area contributed by atoms with E-state index in [-0.39, 0.29) is 42.0 Å². The number of anilines is 1. The predicted octanol–water partition coefficient (Wildman–Crippen LogP) is 4.20. The number of aromatic nitrogens is 4. The van der Waals surface area contributed by atoms with Crippen LogP contribution < -0.4 is 11.1 Å². The molecule has 0 aliphatic heterocycles. The number of nitrogens with two attached hydrogens (primary N) is 1. The van der Waals surface area contributed by atoms with Crippen molar-refractivity contribution in [2.24, 2.45) is 17.6 Å². The van der Waals surface area contributed by atoms with Gasteiger partial charge >= 0.3 is 0 Å². The fourth-order valence-electron chi connectivity index (χ4n) is 5.38. The number of halogens is 1. The first kappa shape index (κ1) is 25.6. The van der Waals surface area contributed by atoms with Crippen LogP contribution in [0.5, 0.6) is 0 Å². The summed E-state index contributed by atoms with van der Waals surface area (Å²) in [5.41, 5.74) is 7.41. The third-order valence-corrected chi connectivity index (χ3v) is 7.86. The summed E-state index contributed by atoms with van der Waals surface area (Å²) in [6.45, 7) is 2.86. The second-order valence-corrected chi connectivity index (χ2v) is 10.5. The van der Waals surface area contributed by atoms with Gasteiger partial charge in [0.25, 0.3) is 5.91 Å². The van der Waals surface area contributed by atoms with Gasteiger partial charge in [-0.1, -0.05) is 24.3 Å². The van der Waals surface area contributed by atoms with E-state index in [1.54, 1.807) is 0 Å². The number of nitrogens with one attached hydrogen (secondary N) is 1. The minimum absolute atomic E-state index is 0.0227. The van der Waals surface area contributed by atoms with Crippen LogP contribution in [0.15, 0.2) is 42.7 Å². The summed E-state index contributed by atoms with van der Waals surface area (Å²) in [5.74, 6) is -0.950. The van der Waals surface area contributed by atoms with Gasteiger partial charge < -0.3 is 11.1 Å². The Labute approximate surface area is 220 Å². The Bertz CT molecular complexity index is 1370. The van der Waals surface area contributed by atoms with E-state index in [1.807, 2.05) is 36.0 Å². The van der Waals surface area contributed by atoms with Crippen LogP contribution in [0, 0.1) is 23.2 Å². The maximum Gasteiger partial charge on any atom is 0.254 e. The number of hydrogen-bond acceptors (Lipinski definition) is 5. The molecule has 0 spiro atoms. The third-order valence-electron chi connectivity index (χ3n) is 7.86. The number of nitrogens with zero attached hydrogens (tertiary/aromatic N) is 5. The lowest BCUT2D eigenvalue weighted by molar-refractivity contribution is -0.117. The molecule has 2 amide bonds. The van der Waals surface area contributed by atoms with Crippen molar-refractivity contribution in [2.75, 3.05) is 5.32 Å². The Hall–Kier alpha value is -4.00. The highest BCUT2D eigenvalue weighted by Crippen LogP contribution is 2.44. The van der Waals surface area contributed by atoms with Gasteiger partial charge in [-0.25, -0.2) is 4.39 Å².